The van der Waals surface area contributed by atoms with Gasteiger partial charge in [0.15, 0.2) is 0 Å². The Kier molecular flexibility index (Phi) is 7.07. The van der Waals surface area contributed by atoms with Crippen molar-refractivity contribution in [3.05, 3.63) is 59.2 Å². The van der Waals surface area contributed by atoms with Crippen molar-refractivity contribution < 1.29 is 19.1 Å². The van der Waals surface area contributed by atoms with Crippen molar-refractivity contribution in [2.75, 3.05) is 26.3 Å². The normalized spacial score (nSPS) is 25.3. The first-order chi connectivity index (χ1) is 21.6. The molecule has 10 nitrogen and oxygen atoms in total. The molecule has 4 atom stereocenters. The highest BCUT2D eigenvalue weighted by molar-refractivity contribution is 5.83. The van der Waals surface area contributed by atoms with Gasteiger partial charge < -0.3 is 29.2 Å². The molecule has 0 unspecified atom stereocenters. The number of hydrogen-bond donors (Lipinski definition) is 2. The molecule has 4 aliphatic rings. The van der Waals surface area contributed by atoms with Gasteiger partial charge in [0.05, 0.1) is 34.2 Å². The van der Waals surface area contributed by atoms with E-state index in [2.05, 4.69) is 21.8 Å². The Bertz CT molecular complexity index is 1660. The van der Waals surface area contributed by atoms with Crippen molar-refractivity contribution in [2.24, 2.45) is 0 Å². The van der Waals surface area contributed by atoms with E-state index < -0.39 is 0 Å². The number of nitrogens with zero attached hydrogens (tertiary/aromatic N) is 4. The van der Waals surface area contributed by atoms with Crippen LogP contribution in [0, 0.1) is 11.8 Å². The van der Waals surface area contributed by atoms with E-state index in [4.69, 9.17) is 19.4 Å². The van der Waals surface area contributed by atoms with Gasteiger partial charge >= 0.3 is 0 Å². The molecule has 2 aromatic carbocycles. The standard InChI is InChI=1S/C34H36N6O4/c41-33(29-7-3-17-43-29)39-15-1-5-27(39)31-35-23-13-11-21(19-25(23)37-31)9-10-22-12-14-24-26(20-22)38-32(36-24)28-6-2-16-40(28)34(42)30-8-4-18-44-30/h11-14,19-20,27-30H,1-8,15-18H2,(H,35,37)(H,36,38)/t27-,28-,29+,30+/m0/s1. The van der Waals surface area contributed by atoms with Gasteiger partial charge in [-0.3, -0.25) is 9.59 Å². The van der Waals surface area contributed by atoms with Crippen LogP contribution in [0.3, 0.4) is 0 Å². The summed E-state index contributed by atoms with van der Waals surface area (Å²) in [5, 5.41) is 0. The Hall–Kier alpha value is -4.20. The monoisotopic (exact) mass is 592 g/mol. The number of H-pyrrole nitrogens is 2. The first-order valence-corrected chi connectivity index (χ1v) is 16.0. The minimum absolute atomic E-state index is 0.0508. The Balaban J connectivity index is 0.994. The molecule has 8 rings (SSSR count). The summed E-state index contributed by atoms with van der Waals surface area (Å²) in [5.74, 6) is 8.41. The van der Waals surface area contributed by atoms with E-state index in [-0.39, 0.29) is 36.1 Å². The zero-order chi connectivity index (χ0) is 29.6. The quantitative estimate of drug-likeness (QED) is 0.337. The van der Waals surface area contributed by atoms with Crippen molar-refractivity contribution in [2.45, 2.75) is 75.7 Å². The van der Waals surface area contributed by atoms with E-state index in [9.17, 15) is 9.59 Å². The molecule has 4 aromatic rings. The molecule has 0 bridgehead atoms. The highest BCUT2D eigenvalue weighted by atomic mass is 16.5. The summed E-state index contributed by atoms with van der Waals surface area (Å²) < 4.78 is 11.3. The van der Waals surface area contributed by atoms with E-state index in [1.165, 1.54) is 0 Å². The molecule has 0 aliphatic carbocycles. The molecule has 2 amide bonds. The second kappa shape index (κ2) is 11.4. The molecule has 226 valence electrons. The van der Waals surface area contributed by atoms with E-state index in [1.54, 1.807) is 0 Å². The van der Waals surface area contributed by atoms with E-state index in [0.29, 0.717) is 13.2 Å². The number of aromatic amines is 2. The van der Waals surface area contributed by atoms with Crippen molar-refractivity contribution in [1.82, 2.24) is 29.7 Å². The number of hydrogen-bond acceptors (Lipinski definition) is 6. The van der Waals surface area contributed by atoms with Crippen LogP contribution in [0.5, 0.6) is 0 Å². The SMILES string of the molecule is O=C([C@H]1CCCO1)N1CCC[C@H]1c1nc2cc(C#Cc3ccc4nc([C@@H]5CCCN5C(=O)[C@H]5CCCO5)[nH]c4c3)ccc2[nH]1. The van der Waals surface area contributed by atoms with Crippen LogP contribution >= 0.6 is 0 Å². The number of rotatable bonds is 4. The zero-order valence-corrected chi connectivity index (χ0v) is 24.7. The van der Waals surface area contributed by atoms with Crippen molar-refractivity contribution >= 4 is 33.9 Å². The zero-order valence-electron chi connectivity index (χ0n) is 24.7. The van der Waals surface area contributed by atoms with E-state index >= 15 is 0 Å². The Morgan fingerprint density at radius 1 is 0.682 bits per heavy atom. The molecule has 4 fully saturated rings. The van der Waals surface area contributed by atoms with Crippen LogP contribution in [-0.2, 0) is 19.1 Å². The maximum atomic E-state index is 13.1. The van der Waals surface area contributed by atoms with Crippen LogP contribution in [0.2, 0.25) is 0 Å². The summed E-state index contributed by atoms with van der Waals surface area (Å²) in [7, 11) is 0. The van der Waals surface area contributed by atoms with Crippen molar-refractivity contribution in [1.29, 1.82) is 0 Å². The number of imidazole rings is 2. The van der Waals surface area contributed by atoms with Crippen LogP contribution in [0.25, 0.3) is 22.1 Å². The average molecular weight is 593 g/mol. The first kappa shape index (κ1) is 27.4. The van der Waals surface area contributed by atoms with Crippen LogP contribution in [0.15, 0.2) is 36.4 Å². The smallest absolute Gasteiger partial charge is 0.252 e. The van der Waals surface area contributed by atoms with Gasteiger partial charge in [-0.25, -0.2) is 9.97 Å². The highest BCUT2D eigenvalue weighted by Gasteiger charge is 2.38. The lowest BCUT2D eigenvalue weighted by Crippen LogP contribution is -2.38. The fraction of sp³-hybridized carbons (Fsp3) is 0.471. The predicted molar refractivity (Wildman–Crippen MR) is 163 cm³/mol. The molecule has 0 saturated carbocycles. The fourth-order valence-corrected chi connectivity index (χ4v) is 7.21. The third-order valence-corrected chi connectivity index (χ3v) is 9.47. The van der Waals surface area contributed by atoms with Gasteiger partial charge in [-0.1, -0.05) is 11.8 Å². The second-order valence-corrected chi connectivity index (χ2v) is 12.3. The number of ether oxygens (including phenoxy) is 2. The molecule has 0 spiro atoms. The third kappa shape index (κ3) is 5.04. The van der Waals surface area contributed by atoms with Crippen LogP contribution in [-0.4, -0.2) is 80.1 Å². The third-order valence-electron chi connectivity index (χ3n) is 9.47. The molecule has 4 aliphatic heterocycles. The summed E-state index contributed by atoms with van der Waals surface area (Å²) in [6.07, 6.45) is 6.58. The molecule has 2 aromatic heterocycles. The summed E-state index contributed by atoms with van der Waals surface area (Å²) in [5.41, 5.74) is 5.31. The minimum atomic E-state index is -0.313. The first-order valence-electron chi connectivity index (χ1n) is 16.0. The molecule has 6 heterocycles. The van der Waals surface area contributed by atoms with Crippen LogP contribution in [0.4, 0.5) is 0 Å². The molecule has 2 N–H and O–H groups in total. The molecule has 10 heteroatoms. The Morgan fingerprint density at radius 3 is 1.86 bits per heavy atom. The maximum absolute atomic E-state index is 13.1. The van der Waals surface area contributed by atoms with E-state index in [0.717, 1.165) is 109 Å². The lowest BCUT2D eigenvalue weighted by Gasteiger charge is -2.25. The van der Waals surface area contributed by atoms with E-state index in [1.807, 2.05) is 46.2 Å². The lowest BCUT2D eigenvalue weighted by atomic mass is 10.1. The van der Waals surface area contributed by atoms with Gasteiger partial charge in [-0.05, 0) is 87.8 Å². The molecule has 0 radical (unpaired) electrons. The number of amides is 2. The van der Waals surface area contributed by atoms with Gasteiger partial charge in [0, 0.05) is 37.4 Å². The Morgan fingerprint density at radius 2 is 1.25 bits per heavy atom. The lowest BCUT2D eigenvalue weighted by molar-refractivity contribution is -0.142. The van der Waals surface area contributed by atoms with Gasteiger partial charge in [-0.2, -0.15) is 0 Å². The fourth-order valence-electron chi connectivity index (χ4n) is 7.21. The van der Waals surface area contributed by atoms with Crippen LogP contribution < -0.4 is 0 Å². The predicted octanol–water partition coefficient (Wildman–Crippen LogP) is 4.52. The van der Waals surface area contributed by atoms with Crippen molar-refractivity contribution in [3.8, 4) is 11.8 Å². The number of likely N-dealkylation sites (tertiary alicyclic amines) is 2. The summed E-state index contributed by atoms with van der Waals surface area (Å²) in [6, 6.07) is 11.9. The molecular weight excluding hydrogens is 556 g/mol. The van der Waals surface area contributed by atoms with Crippen molar-refractivity contribution in [3.63, 3.8) is 0 Å². The number of carbonyl (C=O) groups excluding carboxylic acids is 2. The number of nitrogens with one attached hydrogen (secondary N) is 2. The molecular formula is C34H36N6O4. The number of aromatic nitrogens is 4. The van der Waals surface area contributed by atoms with Crippen LogP contribution in [0.1, 0.15) is 86.2 Å². The van der Waals surface area contributed by atoms with Gasteiger partial charge in [0.1, 0.15) is 23.9 Å². The average Bonchev–Trinajstić information content (AvgIpc) is 3.89. The van der Waals surface area contributed by atoms with Gasteiger partial charge in [-0.15, -0.1) is 0 Å². The topological polar surface area (TPSA) is 116 Å². The molecule has 4 saturated heterocycles. The maximum Gasteiger partial charge on any atom is 0.252 e. The van der Waals surface area contributed by atoms with Gasteiger partial charge in [0.25, 0.3) is 11.8 Å². The summed E-state index contributed by atoms with van der Waals surface area (Å²) in [6.45, 7) is 2.81. The Labute approximate surface area is 255 Å². The second-order valence-electron chi connectivity index (χ2n) is 12.3. The number of benzene rings is 2. The minimum Gasteiger partial charge on any atom is -0.368 e. The summed E-state index contributed by atoms with van der Waals surface area (Å²) >= 11 is 0. The summed E-state index contributed by atoms with van der Waals surface area (Å²) in [4.78, 5) is 46.7. The highest BCUT2D eigenvalue weighted by Crippen LogP contribution is 2.35. The number of fused-ring (bicyclic) bond motifs is 2. The number of carbonyl (C=O) groups is 2. The largest absolute Gasteiger partial charge is 0.368 e. The van der Waals surface area contributed by atoms with Gasteiger partial charge in [0.2, 0.25) is 0 Å². The molecule has 44 heavy (non-hydrogen) atoms.